The van der Waals surface area contributed by atoms with Gasteiger partial charge in [0.05, 0.1) is 23.9 Å². The molecule has 1 N–H and O–H groups in total. The molecule has 2 aromatic carbocycles. The first-order valence-corrected chi connectivity index (χ1v) is 5.79. The van der Waals surface area contributed by atoms with E-state index in [1.165, 1.54) is 19.2 Å². The number of nitriles is 1. The third-order valence-electron chi connectivity index (χ3n) is 2.70. The highest BCUT2D eigenvalue weighted by molar-refractivity contribution is 6.06. The summed E-state index contributed by atoms with van der Waals surface area (Å²) in [6.07, 6.45) is 0. The Morgan fingerprint density at radius 3 is 2.75 bits per heavy atom. The van der Waals surface area contributed by atoms with Gasteiger partial charge in [-0.2, -0.15) is 5.26 Å². The number of carbonyl (C=O) groups is 1. The summed E-state index contributed by atoms with van der Waals surface area (Å²) in [5.41, 5.74) is 0.654. The molecule has 20 heavy (non-hydrogen) atoms. The van der Waals surface area contributed by atoms with Gasteiger partial charge in [0.25, 0.3) is 5.91 Å². The van der Waals surface area contributed by atoms with Crippen LogP contribution in [0.3, 0.4) is 0 Å². The highest BCUT2D eigenvalue weighted by atomic mass is 19.1. The summed E-state index contributed by atoms with van der Waals surface area (Å²) in [4.78, 5) is 12.2. The first-order chi connectivity index (χ1) is 9.65. The summed E-state index contributed by atoms with van der Waals surface area (Å²) in [7, 11) is 1.46. The molecule has 0 unspecified atom stereocenters. The number of amides is 1. The van der Waals surface area contributed by atoms with Gasteiger partial charge in [-0.25, -0.2) is 4.39 Å². The lowest BCUT2D eigenvalue weighted by Crippen LogP contribution is -2.14. The van der Waals surface area contributed by atoms with Crippen molar-refractivity contribution in [3.05, 3.63) is 59.4 Å². The number of para-hydroxylation sites is 1. The molecule has 0 saturated carbocycles. The molecule has 5 heteroatoms. The molecule has 0 aliphatic carbocycles. The maximum Gasteiger partial charge on any atom is 0.259 e. The standard InChI is InChI=1S/C15H11FN2O2/c1-20-14-5-3-2-4-12(14)15(19)18-13-7-6-11(16)8-10(13)9-17/h2-8H,1H3,(H,18,19). The van der Waals surface area contributed by atoms with E-state index < -0.39 is 11.7 Å². The Labute approximate surface area is 115 Å². The Morgan fingerprint density at radius 1 is 1.30 bits per heavy atom. The highest BCUT2D eigenvalue weighted by Gasteiger charge is 2.13. The summed E-state index contributed by atoms with van der Waals surface area (Å²) in [6, 6.07) is 12.1. The second-order valence-corrected chi connectivity index (χ2v) is 3.96. The zero-order valence-electron chi connectivity index (χ0n) is 10.7. The summed E-state index contributed by atoms with van der Waals surface area (Å²) < 4.78 is 18.1. The molecule has 1 amide bonds. The smallest absolute Gasteiger partial charge is 0.259 e. The van der Waals surface area contributed by atoms with Crippen molar-refractivity contribution in [1.82, 2.24) is 0 Å². The van der Waals surface area contributed by atoms with Crippen LogP contribution in [0.5, 0.6) is 5.75 Å². The van der Waals surface area contributed by atoms with E-state index in [1.807, 2.05) is 6.07 Å². The Kier molecular flexibility index (Phi) is 3.96. The van der Waals surface area contributed by atoms with E-state index in [4.69, 9.17) is 10.00 Å². The van der Waals surface area contributed by atoms with Crippen LogP contribution < -0.4 is 10.1 Å². The van der Waals surface area contributed by atoms with E-state index in [0.717, 1.165) is 6.07 Å². The maximum absolute atomic E-state index is 13.0. The lowest BCUT2D eigenvalue weighted by molar-refractivity contribution is 0.102. The van der Waals surface area contributed by atoms with Gasteiger partial charge in [0.15, 0.2) is 0 Å². The van der Waals surface area contributed by atoms with E-state index >= 15 is 0 Å². The SMILES string of the molecule is COc1ccccc1C(=O)Nc1ccc(F)cc1C#N. The number of hydrogen-bond donors (Lipinski definition) is 1. The average Bonchev–Trinajstić information content (AvgIpc) is 2.48. The number of hydrogen-bond acceptors (Lipinski definition) is 3. The van der Waals surface area contributed by atoms with Crippen LogP contribution in [0.25, 0.3) is 0 Å². The number of benzene rings is 2. The van der Waals surface area contributed by atoms with Gasteiger partial charge in [-0.15, -0.1) is 0 Å². The molecule has 0 fully saturated rings. The van der Waals surface area contributed by atoms with Crippen LogP contribution in [-0.2, 0) is 0 Å². The van der Waals surface area contributed by atoms with Crippen molar-refractivity contribution in [3.8, 4) is 11.8 Å². The number of ether oxygens (including phenoxy) is 1. The second-order valence-electron chi connectivity index (χ2n) is 3.96. The molecule has 4 nitrogen and oxygen atoms in total. The molecule has 0 bridgehead atoms. The number of carbonyl (C=O) groups excluding carboxylic acids is 1. The summed E-state index contributed by atoms with van der Waals surface area (Å²) in [5.74, 6) is -0.534. The third-order valence-corrected chi connectivity index (χ3v) is 2.70. The minimum atomic E-state index is -0.531. The molecule has 0 aliphatic rings. The number of anilines is 1. The van der Waals surface area contributed by atoms with Crippen LogP contribution in [0.1, 0.15) is 15.9 Å². The fourth-order valence-electron chi connectivity index (χ4n) is 1.74. The molecule has 100 valence electrons. The molecule has 0 aliphatic heterocycles. The quantitative estimate of drug-likeness (QED) is 0.932. The van der Waals surface area contributed by atoms with Gasteiger partial charge in [0.1, 0.15) is 17.6 Å². The first-order valence-electron chi connectivity index (χ1n) is 5.79. The fourth-order valence-corrected chi connectivity index (χ4v) is 1.74. The summed E-state index contributed by atoms with van der Waals surface area (Å²) in [5, 5.41) is 11.5. The van der Waals surface area contributed by atoms with E-state index in [2.05, 4.69) is 5.32 Å². The molecule has 0 radical (unpaired) electrons. The van der Waals surface area contributed by atoms with Gasteiger partial charge in [-0.05, 0) is 30.3 Å². The topological polar surface area (TPSA) is 62.1 Å². The van der Waals surface area contributed by atoms with Crippen molar-refractivity contribution in [2.75, 3.05) is 12.4 Å². The lowest BCUT2D eigenvalue weighted by Gasteiger charge is -2.10. The Balaban J connectivity index is 2.31. The van der Waals surface area contributed by atoms with Crippen LogP contribution in [0, 0.1) is 17.1 Å². The van der Waals surface area contributed by atoms with E-state index in [-0.39, 0.29) is 11.3 Å². The molecule has 0 aromatic heterocycles. The number of nitrogens with one attached hydrogen (secondary N) is 1. The fraction of sp³-hybridized carbons (Fsp3) is 0.0667. The van der Waals surface area contributed by atoms with Crippen molar-refractivity contribution in [3.63, 3.8) is 0 Å². The summed E-state index contributed by atoms with van der Waals surface area (Å²) >= 11 is 0. The number of rotatable bonds is 3. The molecule has 0 heterocycles. The van der Waals surface area contributed by atoms with E-state index in [9.17, 15) is 9.18 Å². The molecule has 0 spiro atoms. The zero-order chi connectivity index (χ0) is 14.5. The van der Waals surface area contributed by atoms with Crippen molar-refractivity contribution in [2.24, 2.45) is 0 Å². The Hall–Kier alpha value is -2.87. The maximum atomic E-state index is 13.0. The predicted molar refractivity (Wildman–Crippen MR) is 72.1 cm³/mol. The van der Waals surface area contributed by atoms with E-state index in [1.54, 1.807) is 24.3 Å². The van der Waals surface area contributed by atoms with Gasteiger partial charge in [-0.1, -0.05) is 12.1 Å². The van der Waals surface area contributed by atoms with Gasteiger partial charge in [0, 0.05) is 0 Å². The monoisotopic (exact) mass is 270 g/mol. The van der Waals surface area contributed by atoms with Crippen molar-refractivity contribution in [1.29, 1.82) is 5.26 Å². The molecule has 0 saturated heterocycles. The van der Waals surface area contributed by atoms with Crippen LogP contribution in [0.15, 0.2) is 42.5 Å². The van der Waals surface area contributed by atoms with Gasteiger partial charge >= 0.3 is 0 Å². The Bertz CT molecular complexity index is 693. The van der Waals surface area contributed by atoms with Crippen LogP contribution in [0.2, 0.25) is 0 Å². The lowest BCUT2D eigenvalue weighted by atomic mass is 10.1. The summed E-state index contributed by atoms with van der Waals surface area (Å²) in [6.45, 7) is 0. The third kappa shape index (κ3) is 2.75. The molecule has 2 aromatic rings. The predicted octanol–water partition coefficient (Wildman–Crippen LogP) is 2.96. The van der Waals surface area contributed by atoms with Gasteiger partial charge in [-0.3, -0.25) is 4.79 Å². The largest absolute Gasteiger partial charge is 0.496 e. The molecular weight excluding hydrogens is 259 g/mol. The van der Waals surface area contributed by atoms with Crippen molar-refractivity contribution in [2.45, 2.75) is 0 Å². The second kappa shape index (κ2) is 5.85. The molecule has 2 rings (SSSR count). The van der Waals surface area contributed by atoms with Crippen molar-refractivity contribution < 1.29 is 13.9 Å². The molecule has 0 atom stereocenters. The average molecular weight is 270 g/mol. The van der Waals surface area contributed by atoms with Crippen LogP contribution in [-0.4, -0.2) is 13.0 Å². The van der Waals surface area contributed by atoms with Crippen LogP contribution in [0.4, 0.5) is 10.1 Å². The van der Waals surface area contributed by atoms with Gasteiger partial charge < -0.3 is 10.1 Å². The minimum Gasteiger partial charge on any atom is -0.496 e. The van der Waals surface area contributed by atoms with Crippen LogP contribution >= 0.6 is 0 Å². The van der Waals surface area contributed by atoms with Crippen molar-refractivity contribution >= 4 is 11.6 Å². The van der Waals surface area contributed by atoms with E-state index in [0.29, 0.717) is 11.3 Å². The number of methoxy groups -OCH3 is 1. The Morgan fingerprint density at radius 2 is 2.05 bits per heavy atom. The zero-order valence-corrected chi connectivity index (χ0v) is 10.7. The first kappa shape index (κ1) is 13.6. The number of halogens is 1. The minimum absolute atomic E-state index is 0.0632. The normalized spacial score (nSPS) is 9.65. The molecular formula is C15H11FN2O2. The highest BCUT2D eigenvalue weighted by Crippen LogP contribution is 2.21. The van der Waals surface area contributed by atoms with Gasteiger partial charge in [0.2, 0.25) is 0 Å². The number of nitrogens with zero attached hydrogens (tertiary/aromatic N) is 1.